The van der Waals surface area contributed by atoms with E-state index in [2.05, 4.69) is 41.2 Å². The largest absolute Gasteiger partial charge is 0.477 e. The van der Waals surface area contributed by atoms with Crippen LogP contribution in [0.4, 0.5) is 0 Å². The quantitative estimate of drug-likeness (QED) is 0.890. The van der Waals surface area contributed by atoms with E-state index < -0.39 is 5.97 Å². The molecule has 0 aliphatic carbocycles. The number of likely N-dealkylation sites (tertiary alicyclic amines) is 1. The highest BCUT2D eigenvalue weighted by Gasteiger charge is 2.28. The molecule has 126 valence electrons. The molecule has 1 fully saturated rings. The molecule has 2 heterocycles. The van der Waals surface area contributed by atoms with E-state index in [1.165, 1.54) is 16.8 Å². The molecule has 1 aliphatic rings. The van der Waals surface area contributed by atoms with Crippen molar-refractivity contribution in [1.29, 1.82) is 0 Å². The molecule has 0 spiro atoms. The lowest BCUT2D eigenvalue weighted by Crippen LogP contribution is -2.40. The van der Waals surface area contributed by atoms with E-state index in [9.17, 15) is 9.59 Å². The van der Waals surface area contributed by atoms with Crippen molar-refractivity contribution in [1.82, 2.24) is 14.9 Å². The number of thioether (sulfide) groups is 1. The second-order valence-corrected chi connectivity index (χ2v) is 7.23. The second kappa shape index (κ2) is 7.09. The third-order valence-corrected chi connectivity index (χ3v) is 5.41. The molecule has 7 heteroatoms. The van der Waals surface area contributed by atoms with Crippen molar-refractivity contribution < 1.29 is 14.7 Å². The standard InChI is InChI=1S/C17H19N3O3S/c1-11-3-2-4-13(9-11)24-12-5-7-20(8-6-12)16(21)14-15(17(22)23)19-10-18-14/h2-4,9-10,12H,5-8H2,1H3,(H,18,19)(H,22,23). The van der Waals surface area contributed by atoms with E-state index in [1.807, 2.05) is 11.8 Å². The van der Waals surface area contributed by atoms with Crippen LogP contribution < -0.4 is 0 Å². The van der Waals surface area contributed by atoms with Gasteiger partial charge in [0, 0.05) is 23.2 Å². The maximum absolute atomic E-state index is 12.5. The molecule has 0 saturated carbocycles. The van der Waals surface area contributed by atoms with Gasteiger partial charge in [-0.1, -0.05) is 17.7 Å². The number of carbonyl (C=O) groups is 2. The molecule has 24 heavy (non-hydrogen) atoms. The summed E-state index contributed by atoms with van der Waals surface area (Å²) in [6.07, 6.45) is 3.02. The van der Waals surface area contributed by atoms with Gasteiger partial charge in [-0.25, -0.2) is 9.78 Å². The van der Waals surface area contributed by atoms with Gasteiger partial charge in [-0.05, 0) is 31.9 Å². The predicted octanol–water partition coefficient (Wildman–Crippen LogP) is 2.81. The smallest absolute Gasteiger partial charge is 0.354 e. The van der Waals surface area contributed by atoms with E-state index in [-0.39, 0.29) is 17.3 Å². The number of aromatic amines is 1. The van der Waals surface area contributed by atoms with Gasteiger partial charge in [0.1, 0.15) is 0 Å². The Morgan fingerprint density at radius 3 is 2.75 bits per heavy atom. The van der Waals surface area contributed by atoms with Crippen molar-refractivity contribution in [2.75, 3.05) is 13.1 Å². The molecule has 1 aromatic heterocycles. The number of hydrogen-bond acceptors (Lipinski definition) is 4. The monoisotopic (exact) mass is 345 g/mol. The highest BCUT2D eigenvalue weighted by molar-refractivity contribution is 8.00. The van der Waals surface area contributed by atoms with Crippen LogP contribution in [0.15, 0.2) is 35.5 Å². The zero-order valence-corrected chi connectivity index (χ0v) is 14.2. The molecule has 1 aliphatic heterocycles. The molecular formula is C17H19N3O3S. The summed E-state index contributed by atoms with van der Waals surface area (Å²) in [5, 5.41) is 9.55. The lowest BCUT2D eigenvalue weighted by atomic mass is 10.1. The maximum atomic E-state index is 12.5. The van der Waals surface area contributed by atoms with Gasteiger partial charge < -0.3 is 15.0 Å². The summed E-state index contributed by atoms with van der Waals surface area (Å²) in [5.41, 5.74) is 1.09. The van der Waals surface area contributed by atoms with Crippen LogP contribution in [-0.2, 0) is 0 Å². The first kappa shape index (κ1) is 16.6. The topological polar surface area (TPSA) is 86.3 Å². The van der Waals surface area contributed by atoms with Crippen molar-refractivity contribution in [3.8, 4) is 0 Å². The van der Waals surface area contributed by atoms with Gasteiger partial charge in [0.15, 0.2) is 11.4 Å². The van der Waals surface area contributed by atoms with Crippen molar-refractivity contribution in [3.05, 3.63) is 47.5 Å². The molecule has 3 rings (SSSR count). The third-order valence-electron chi connectivity index (χ3n) is 4.08. The van der Waals surface area contributed by atoms with Gasteiger partial charge in [-0.15, -0.1) is 11.8 Å². The molecule has 1 amide bonds. The van der Waals surface area contributed by atoms with Gasteiger partial charge in [-0.2, -0.15) is 0 Å². The fourth-order valence-electron chi connectivity index (χ4n) is 2.83. The number of carboxylic acids is 1. The Bertz CT molecular complexity index is 751. The Balaban J connectivity index is 1.59. The van der Waals surface area contributed by atoms with Crippen LogP contribution in [0.25, 0.3) is 0 Å². The highest BCUT2D eigenvalue weighted by atomic mass is 32.2. The van der Waals surface area contributed by atoms with Crippen molar-refractivity contribution in [2.45, 2.75) is 29.9 Å². The summed E-state index contributed by atoms with van der Waals surface area (Å²) in [6, 6.07) is 8.42. The number of aromatic nitrogens is 2. The molecule has 6 nitrogen and oxygen atoms in total. The minimum absolute atomic E-state index is 0.00714. The van der Waals surface area contributed by atoms with Gasteiger partial charge in [0.05, 0.1) is 6.33 Å². The van der Waals surface area contributed by atoms with Crippen LogP contribution in [0.3, 0.4) is 0 Å². The number of aryl methyl sites for hydroxylation is 1. The third kappa shape index (κ3) is 3.62. The number of H-pyrrole nitrogens is 1. The first-order valence-corrected chi connectivity index (χ1v) is 8.72. The number of amides is 1. The normalized spacial score (nSPS) is 15.5. The molecule has 0 radical (unpaired) electrons. The maximum Gasteiger partial charge on any atom is 0.354 e. The zero-order chi connectivity index (χ0) is 17.1. The van der Waals surface area contributed by atoms with Crippen LogP contribution in [0.2, 0.25) is 0 Å². The number of nitrogens with one attached hydrogen (secondary N) is 1. The Kier molecular flexibility index (Phi) is 4.89. The number of benzene rings is 1. The first-order valence-electron chi connectivity index (χ1n) is 7.84. The summed E-state index contributed by atoms with van der Waals surface area (Å²) in [4.78, 5) is 32.9. The van der Waals surface area contributed by atoms with Gasteiger partial charge in [-0.3, -0.25) is 4.79 Å². The number of aromatic carboxylic acids is 1. The summed E-state index contributed by atoms with van der Waals surface area (Å²) in [6.45, 7) is 3.32. The average molecular weight is 345 g/mol. The summed E-state index contributed by atoms with van der Waals surface area (Å²) in [5.74, 6) is -1.48. The van der Waals surface area contributed by atoms with Crippen molar-refractivity contribution in [3.63, 3.8) is 0 Å². The van der Waals surface area contributed by atoms with Crippen LogP contribution in [0.5, 0.6) is 0 Å². The van der Waals surface area contributed by atoms with Crippen molar-refractivity contribution >= 4 is 23.6 Å². The van der Waals surface area contributed by atoms with Gasteiger partial charge in [0.25, 0.3) is 5.91 Å². The van der Waals surface area contributed by atoms with E-state index >= 15 is 0 Å². The molecule has 0 bridgehead atoms. The van der Waals surface area contributed by atoms with E-state index in [0.29, 0.717) is 18.3 Å². The molecular weight excluding hydrogens is 326 g/mol. The molecule has 0 atom stereocenters. The Morgan fingerprint density at radius 2 is 2.08 bits per heavy atom. The summed E-state index contributed by atoms with van der Waals surface area (Å²) in [7, 11) is 0. The molecule has 2 aromatic rings. The minimum atomic E-state index is -1.17. The molecule has 1 saturated heterocycles. The number of hydrogen-bond donors (Lipinski definition) is 2. The van der Waals surface area contributed by atoms with E-state index in [1.54, 1.807) is 4.90 Å². The number of imidazole rings is 1. The number of carbonyl (C=O) groups excluding carboxylic acids is 1. The molecule has 1 aromatic carbocycles. The summed E-state index contributed by atoms with van der Waals surface area (Å²) < 4.78 is 0. The second-order valence-electron chi connectivity index (χ2n) is 5.86. The minimum Gasteiger partial charge on any atom is -0.477 e. The van der Waals surface area contributed by atoms with Crippen LogP contribution in [0.1, 0.15) is 39.4 Å². The SMILES string of the molecule is Cc1cccc(SC2CCN(C(=O)c3nc[nH]c3C(=O)O)CC2)c1. The zero-order valence-electron chi connectivity index (χ0n) is 13.4. The van der Waals surface area contributed by atoms with Crippen LogP contribution in [-0.4, -0.2) is 50.2 Å². The number of nitrogens with zero attached hydrogens (tertiary/aromatic N) is 2. The Labute approximate surface area is 144 Å². The fraction of sp³-hybridized carbons (Fsp3) is 0.353. The van der Waals surface area contributed by atoms with Crippen LogP contribution >= 0.6 is 11.8 Å². The number of piperidine rings is 1. The predicted molar refractivity (Wildman–Crippen MR) is 91.5 cm³/mol. The number of carboxylic acid groups (broad SMARTS) is 1. The van der Waals surface area contributed by atoms with Crippen molar-refractivity contribution in [2.24, 2.45) is 0 Å². The van der Waals surface area contributed by atoms with E-state index in [4.69, 9.17) is 5.11 Å². The fourth-order valence-corrected chi connectivity index (χ4v) is 4.07. The van der Waals surface area contributed by atoms with Gasteiger partial charge >= 0.3 is 5.97 Å². The average Bonchev–Trinajstić information content (AvgIpc) is 3.05. The van der Waals surface area contributed by atoms with Gasteiger partial charge in [0.2, 0.25) is 0 Å². The highest BCUT2D eigenvalue weighted by Crippen LogP contribution is 2.31. The molecule has 2 N–H and O–H groups in total. The molecule has 0 unspecified atom stereocenters. The first-order chi connectivity index (χ1) is 11.5. The van der Waals surface area contributed by atoms with E-state index in [0.717, 1.165) is 12.8 Å². The summed E-state index contributed by atoms with van der Waals surface area (Å²) >= 11 is 1.84. The number of rotatable bonds is 4. The lowest BCUT2D eigenvalue weighted by Gasteiger charge is -2.31. The van der Waals surface area contributed by atoms with Crippen LogP contribution in [0, 0.1) is 6.92 Å². The Hall–Kier alpha value is -2.28. The lowest BCUT2D eigenvalue weighted by molar-refractivity contribution is 0.0660. The Morgan fingerprint density at radius 1 is 1.33 bits per heavy atom.